The molecule has 1 aromatic carbocycles. The maximum absolute atomic E-state index is 6.16. The van der Waals surface area contributed by atoms with Gasteiger partial charge < -0.3 is 15.2 Å². The average Bonchev–Trinajstić information content (AvgIpc) is 2.42. The summed E-state index contributed by atoms with van der Waals surface area (Å²) in [5, 5.41) is 0. The van der Waals surface area contributed by atoms with Crippen LogP contribution in [-0.4, -0.2) is 25.9 Å². The summed E-state index contributed by atoms with van der Waals surface area (Å²) < 4.78 is 11.0. The van der Waals surface area contributed by atoms with Crippen molar-refractivity contribution >= 4 is 0 Å². The molecule has 20 heavy (non-hydrogen) atoms. The fraction of sp³-hybridized carbons (Fsp3) is 0.647. The molecule has 0 fully saturated rings. The highest BCUT2D eigenvalue weighted by Crippen LogP contribution is 2.15. The fourth-order valence-corrected chi connectivity index (χ4v) is 2.07. The van der Waals surface area contributed by atoms with Crippen molar-refractivity contribution in [1.82, 2.24) is 0 Å². The van der Waals surface area contributed by atoms with Crippen molar-refractivity contribution in [2.75, 3.05) is 19.8 Å². The molecular weight excluding hydrogens is 250 g/mol. The summed E-state index contributed by atoms with van der Waals surface area (Å²) in [7, 11) is 0. The van der Waals surface area contributed by atoms with Crippen LogP contribution in [0.1, 0.15) is 44.9 Å². The molecule has 0 spiro atoms. The first-order valence-electron chi connectivity index (χ1n) is 7.56. The lowest BCUT2D eigenvalue weighted by Gasteiger charge is -2.17. The third-order valence-electron chi connectivity index (χ3n) is 3.17. The molecule has 0 radical (unpaired) electrons. The topological polar surface area (TPSA) is 44.5 Å². The lowest BCUT2D eigenvalue weighted by atomic mass is 10.00. The number of benzene rings is 1. The monoisotopic (exact) mass is 279 g/mol. The van der Waals surface area contributed by atoms with E-state index in [4.69, 9.17) is 15.2 Å². The zero-order valence-electron chi connectivity index (χ0n) is 13.3. The van der Waals surface area contributed by atoms with Gasteiger partial charge >= 0.3 is 0 Å². The van der Waals surface area contributed by atoms with E-state index >= 15 is 0 Å². The van der Waals surface area contributed by atoms with Crippen LogP contribution in [0.4, 0.5) is 0 Å². The molecule has 0 aromatic heterocycles. The Morgan fingerprint density at radius 1 is 1.05 bits per heavy atom. The molecule has 0 aliphatic carbocycles. The van der Waals surface area contributed by atoms with E-state index in [0.717, 1.165) is 18.6 Å². The molecule has 2 N–H and O–H groups in total. The lowest BCUT2D eigenvalue weighted by Crippen LogP contribution is -2.23. The maximum Gasteiger partial charge on any atom is 0.0781 e. The number of rotatable bonds is 9. The van der Waals surface area contributed by atoms with Crippen molar-refractivity contribution in [3.63, 3.8) is 0 Å². The van der Waals surface area contributed by atoms with Gasteiger partial charge in [-0.2, -0.15) is 0 Å². The third-order valence-corrected chi connectivity index (χ3v) is 3.17. The molecule has 3 heteroatoms. The van der Waals surface area contributed by atoms with E-state index in [0.29, 0.717) is 19.1 Å². The van der Waals surface area contributed by atoms with E-state index in [9.17, 15) is 0 Å². The first-order chi connectivity index (χ1) is 9.52. The van der Waals surface area contributed by atoms with Crippen LogP contribution in [-0.2, 0) is 15.9 Å². The van der Waals surface area contributed by atoms with Crippen molar-refractivity contribution < 1.29 is 9.47 Å². The van der Waals surface area contributed by atoms with E-state index in [1.54, 1.807) is 0 Å². The molecule has 0 saturated heterocycles. The van der Waals surface area contributed by atoms with Crippen LogP contribution in [0, 0.1) is 5.92 Å². The Kier molecular flexibility index (Phi) is 7.82. The summed E-state index contributed by atoms with van der Waals surface area (Å²) >= 11 is 0. The molecule has 2 atom stereocenters. The summed E-state index contributed by atoms with van der Waals surface area (Å²) in [6.07, 6.45) is 1.19. The molecule has 114 valence electrons. The minimum atomic E-state index is -0.0767. The van der Waals surface area contributed by atoms with E-state index in [-0.39, 0.29) is 12.1 Å². The normalized spacial score (nSPS) is 14.5. The zero-order chi connectivity index (χ0) is 15.0. The van der Waals surface area contributed by atoms with Gasteiger partial charge in [-0.3, -0.25) is 0 Å². The summed E-state index contributed by atoms with van der Waals surface area (Å²) in [6, 6.07) is 8.47. The molecule has 1 aromatic rings. The predicted molar refractivity (Wildman–Crippen MR) is 83.8 cm³/mol. The largest absolute Gasteiger partial charge is 0.379 e. The second-order valence-electron chi connectivity index (χ2n) is 5.75. The Labute approximate surface area is 123 Å². The van der Waals surface area contributed by atoms with Crippen LogP contribution >= 0.6 is 0 Å². The Hall–Kier alpha value is -0.900. The van der Waals surface area contributed by atoms with Crippen LogP contribution in [0.2, 0.25) is 0 Å². The van der Waals surface area contributed by atoms with Crippen LogP contribution in [0.15, 0.2) is 24.3 Å². The predicted octanol–water partition coefficient (Wildman–Crippen LogP) is 3.33. The molecule has 1 rings (SSSR count). The van der Waals surface area contributed by atoms with Gasteiger partial charge in [-0.15, -0.1) is 0 Å². The Morgan fingerprint density at radius 3 is 2.25 bits per heavy atom. The van der Waals surface area contributed by atoms with Gasteiger partial charge in [-0.1, -0.05) is 38.1 Å². The van der Waals surface area contributed by atoms with Crippen molar-refractivity contribution in [1.29, 1.82) is 0 Å². The van der Waals surface area contributed by atoms with Gasteiger partial charge in [0, 0.05) is 6.61 Å². The quantitative estimate of drug-likeness (QED) is 0.754. The molecule has 0 saturated carbocycles. The average molecular weight is 279 g/mol. The summed E-state index contributed by atoms with van der Waals surface area (Å²) in [5.74, 6) is 0.678. The first kappa shape index (κ1) is 17.2. The standard InChI is InChI=1S/C17H29NO2/c1-5-19-11-14(4)20-12-17(18)16-8-6-15(7-9-16)10-13(2)3/h6-9,13-14,17H,5,10-12,18H2,1-4H3. The van der Waals surface area contributed by atoms with Crippen LogP contribution < -0.4 is 5.73 Å². The highest BCUT2D eigenvalue weighted by Gasteiger charge is 2.09. The van der Waals surface area contributed by atoms with Crippen molar-refractivity contribution in [3.8, 4) is 0 Å². The van der Waals surface area contributed by atoms with Gasteiger partial charge in [-0.25, -0.2) is 0 Å². The SMILES string of the molecule is CCOCC(C)OCC(N)c1ccc(CC(C)C)cc1. The Morgan fingerprint density at radius 2 is 1.70 bits per heavy atom. The molecule has 2 unspecified atom stereocenters. The van der Waals surface area contributed by atoms with Crippen LogP contribution in [0.5, 0.6) is 0 Å². The van der Waals surface area contributed by atoms with Crippen molar-refractivity contribution in [2.45, 2.75) is 46.3 Å². The van der Waals surface area contributed by atoms with Gasteiger partial charge in [0.15, 0.2) is 0 Å². The van der Waals surface area contributed by atoms with E-state index in [1.807, 2.05) is 13.8 Å². The van der Waals surface area contributed by atoms with Crippen LogP contribution in [0.3, 0.4) is 0 Å². The van der Waals surface area contributed by atoms with Crippen molar-refractivity contribution in [3.05, 3.63) is 35.4 Å². The zero-order valence-corrected chi connectivity index (χ0v) is 13.3. The third kappa shape index (κ3) is 6.51. The molecule has 0 heterocycles. The van der Waals surface area contributed by atoms with Gasteiger partial charge in [0.25, 0.3) is 0 Å². The first-order valence-corrected chi connectivity index (χ1v) is 7.56. The van der Waals surface area contributed by atoms with E-state index < -0.39 is 0 Å². The second-order valence-corrected chi connectivity index (χ2v) is 5.75. The Balaban J connectivity index is 2.41. The Bertz CT molecular complexity index is 362. The van der Waals surface area contributed by atoms with Gasteiger partial charge in [0.05, 0.1) is 25.4 Å². The van der Waals surface area contributed by atoms with E-state index in [2.05, 4.69) is 38.1 Å². The highest BCUT2D eigenvalue weighted by atomic mass is 16.5. The maximum atomic E-state index is 6.16. The molecule has 3 nitrogen and oxygen atoms in total. The smallest absolute Gasteiger partial charge is 0.0781 e. The van der Waals surface area contributed by atoms with Gasteiger partial charge in [-0.05, 0) is 37.3 Å². The number of ether oxygens (including phenoxy) is 2. The minimum absolute atomic E-state index is 0.0767. The molecule has 0 bridgehead atoms. The number of nitrogens with two attached hydrogens (primary N) is 1. The lowest BCUT2D eigenvalue weighted by molar-refractivity contribution is -0.00835. The van der Waals surface area contributed by atoms with E-state index in [1.165, 1.54) is 5.56 Å². The van der Waals surface area contributed by atoms with Gasteiger partial charge in [0.2, 0.25) is 0 Å². The molecule has 0 aliphatic rings. The molecule has 0 aliphatic heterocycles. The number of hydrogen-bond donors (Lipinski definition) is 1. The molecular formula is C17H29NO2. The summed E-state index contributed by atoms with van der Waals surface area (Å²) in [6.45, 7) is 10.3. The summed E-state index contributed by atoms with van der Waals surface area (Å²) in [5.41, 5.74) is 8.65. The van der Waals surface area contributed by atoms with Gasteiger partial charge in [0.1, 0.15) is 0 Å². The second kappa shape index (κ2) is 9.11. The fourth-order valence-electron chi connectivity index (χ4n) is 2.07. The summed E-state index contributed by atoms with van der Waals surface area (Å²) in [4.78, 5) is 0. The highest BCUT2D eigenvalue weighted by molar-refractivity contribution is 5.25. The van der Waals surface area contributed by atoms with Crippen molar-refractivity contribution in [2.24, 2.45) is 11.7 Å². The van der Waals surface area contributed by atoms with Crippen LogP contribution in [0.25, 0.3) is 0 Å². The minimum Gasteiger partial charge on any atom is -0.379 e. The number of hydrogen-bond acceptors (Lipinski definition) is 3. The molecule has 0 amide bonds.